The fraction of sp³-hybridized carbons (Fsp3) is 0.344. The molecule has 238 valence electrons. The quantitative estimate of drug-likeness (QED) is 0.126. The van der Waals surface area contributed by atoms with E-state index in [1.54, 1.807) is 37.6 Å². The topological polar surface area (TPSA) is 141 Å². The third-order valence-electron chi connectivity index (χ3n) is 7.13. The number of pyridine rings is 2. The van der Waals surface area contributed by atoms with Crippen LogP contribution in [0.4, 0.5) is 20.1 Å². The first-order valence-electron chi connectivity index (χ1n) is 14.4. The average molecular weight is 653 g/mol. The number of hydrogen-bond acceptors (Lipinski definition) is 9. The molecule has 2 amide bonds. The standard InChI is InChI=1S/C32H37FN6O4S2/c1-6-15-32(43,21-10-8-7-9-11-21)19-37-28(40)26-25(33)22(14-16-34-26)44-24-18-36-29(45-24)38-23-13-12-20(17-35-23)27(31(2,3)4)39(5)30(41)42/h7-14,16-18,27,43H,6,15,19H2,1-5H3,(H,37,40)(H,41,42)(H,35,36,38). The molecule has 1 aromatic carbocycles. The fourth-order valence-electron chi connectivity index (χ4n) is 5.11. The average Bonchev–Trinajstić information content (AvgIpc) is 3.44. The molecular weight excluding hydrogens is 616 g/mol. The second kappa shape index (κ2) is 14.4. The summed E-state index contributed by atoms with van der Waals surface area (Å²) in [7, 11) is 1.54. The summed E-state index contributed by atoms with van der Waals surface area (Å²) in [4.78, 5) is 38.9. The molecule has 0 fully saturated rings. The summed E-state index contributed by atoms with van der Waals surface area (Å²) < 4.78 is 16.1. The number of anilines is 2. The van der Waals surface area contributed by atoms with Gasteiger partial charge in [0, 0.05) is 19.4 Å². The van der Waals surface area contributed by atoms with Gasteiger partial charge in [-0.15, -0.1) is 0 Å². The number of amides is 2. The Hall–Kier alpha value is -4.07. The van der Waals surface area contributed by atoms with Gasteiger partial charge in [0.1, 0.15) is 11.4 Å². The molecule has 0 saturated heterocycles. The number of aromatic nitrogens is 3. The van der Waals surface area contributed by atoms with Crippen LogP contribution in [0.25, 0.3) is 0 Å². The van der Waals surface area contributed by atoms with Gasteiger partial charge < -0.3 is 25.7 Å². The largest absolute Gasteiger partial charge is 0.465 e. The molecule has 0 aliphatic rings. The number of carboxylic acid groups (broad SMARTS) is 1. The van der Waals surface area contributed by atoms with Gasteiger partial charge in [-0.05, 0) is 35.1 Å². The van der Waals surface area contributed by atoms with Crippen molar-refractivity contribution in [1.29, 1.82) is 0 Å². The number of carbonyl (C=O) groups excluding carboxylic acids is 1. The van der Waals surface area contributed by atoms with Crippen molar-refractivity contribution in [2.45, 2.75) is 61.3 Å². The Bertz CT molecular complexity index is 1610. The van der Waals surface area contributed by atoms with Gasteiger partial charge in [0.2, 0.25) is 0 Å². The molecule has 4 N–H and O–H groups in total. The number of halogens is 1. The molecule has 0 radical (unpaired) electrons. The molecule has 0 aliphatic heterocycles. The molecule has 0 aliphatic carbocycles. The van der Waals surface area contributed by atoms with Gasteiger partial charge >= 0.3 is 6.09 Å². The lowest BCUT2D eigenvalue weighted by molar-refractivity contribution is 0.0260. The predicted octanol–water partition coefficient (Wildman–Crippen LogP) is 7.08. The summed E-state index contributed by atoms with van der Waals surface area (Å²) >= 11 is 2.39. The maximum absolute atomic E-state index is 15.5. The third-order valence-corrected chi connectivity index (χ3v) is 9.18. The number of aliphatic hydroxyl groups is 1. The fourth-order valence-corrected chi connectivity index (χ4v) is 6.98. The highest BCUT2D eigenvalue weighted by Gasteiger charge is 2.33. The van der Waals surface area contributed by atoms with Crippen LogP contribution in [-0.2, 0) is 5.60 Å². The molecule has 0 saturated carbocycles. The highest BCUT2D eigenvalue weighted by molar-refractivity contribution is 8.01. The third kappa shape index (κ3) is 8.35. The van der Waals surface area contributed by atoms with Crippen molar-refractivity contribution in [3.63, 3.8) is 0 Å². The van der Waals surface area contributed by atoms with E-state index in [0.29, 0.717) is 33.6 Å². The van der Waals surface area contributed by atoms with Crippen molar-refractivity contribution in [2.24, 2.45) is 5.41 Å². The highest BCUT2D eigenvalue weighted by atomic mass is 32.2. The van der Waals surface area contributed by atoms with Crippen molar-refractivity contribution in [3.8, 4) is 0 Å². The van der Waals surface area contributed by atoms with E-state index in [4.69, 9.17) is 0 Å². The van der Waals surface area contributed by atoms with E-state index in [-0.39, 0.29) is 22.5 Å². The monoisotopic (exact) mass is 652 g/mol. The molecule has 3 heterocycles. The summed E-state index contributed by atoms with van der Waals surface area (Å²) in [6, 6.07) is 13.8. The minimum Gasteiger partial charge on any atom is -0.465 e. The molecule has 2 atom stereocenters. The van der Waals surface area contributed by atoms with Crippen molar-refractivity contribution in [1.82, 2.24) is 25.2 Å². The van der Waals surface area contributed by atoms with E-state index in [2.05, 4.69) is 25.6 Å². The van der Waals surface area contributed by atoms with Crippen LogP contribution in [0.2, 0.25) is 0 Å². The molecule has 4 rings (SSSR count). The van der Waals surface area contributed by atoms with Gasteiger partial charge in [0.25, 0.3) is 5.91 Å². The highest BCUT2D eigenvalue weighted by Crippen LogP contribution is 2.39. The van der Waals surface area contributed by atoms with Crippen molar-refractivity contribution < 1.29 is 24.2 Å². The normalized spacial score (nSPS) is 13.5. The zero-order valence-electron chi connectivity index (χ0n) is 25.7. The maximum Gasteiger partial charge on any atom is 0.407 e. The zero-order valence-corrected chi connectivity index (χ0v) is 27.4. The van der Waals surface area contributed by atoms with E-state index >= 15 is 4.39 Å². The maximum atomic E-state index is 15.5. The van der Waals surface area contributed by atoms with Crippen LogP contribution < -0.4 is 10.6 Å². The number of nitrogens with one attached hydrogen (secondary N) is 2. The van der Waals surface area contributed by atoms with E-state index in [0.717, 1.165) is 17.3 Å². The van der Waals surface area contributed by atoms with E-state index in [1.165, 1.54) is 28.5 Å². The van der Waals surface area contributed by atoms with Gasteiger partial charge in [-0.1, -0.05) is 93.6 Å². The van der Waals surface area contributed by atoms with E-state index in [1.807, 2.05) is 52.0 Å². The van der Waals surface area contributed by atoms with E-state index < -0.39 is 29.5 Å². The molecule has 2 unspecified atom stereocenters. The lowest BCUT2D eigenvalue weighted by atomic mass is 9.82. The lowest BCUT2D eigenvalue weighted by Crippen LogP contribution is -2.41. The Balaban J connectivity index is 1.42. The van der Waals surface area contributed by atoms with Crippen LogP contribution in [0.15, 0.2) is 76.2 Å². The molecule has 13 heteroatoms. The molecule has 4 aromatic rings. The molecular formula is C32H37FN6O4S2. The summed E-state index contributed by atoms with van der Waals surface area (Å²) in [5.41, 5.74) is -0.573. The van der Waals surface area contributed by atoms with Crippen LogP contribution in [0.3, 0.4) is 0 Å². The predicted molar refractivity (Wildman–Crippen MR) is 174 cm³/mol. The first-order chi connectivity index (χ1) is 21.3. The van der Waals surface area contributed by atoms with Gasteiger partial charge in [-0.2, -0.15) is 0 Å². The first kappa shape index (κ1) is 33.8. The number of carbonyl (C=O) groups is 2. The van der Waals surface area contributed by atoms with Gasteiger partial charge in [0.15, 0.2) is 16.6 Å². The number of nitrogens with zero attached hydrogens (tertiary/aromatic N) is 4. The lowest BCUT2D eigenvalue weighted by Gasteiger charge is -2.36. The second-order valence-electron chi connectivity index (χ2n) is 11.7. The summed E-state index contributed by atoms with van der Waals surface area (Å²) in [6.45, 7) is 7.76. The number of hydrogen-bond donors (Lipinski definition) is 4. The van der Waals surface area contributed by atoms with Crippen LogP contribution in [-0.4, -0.2) is 55.7 Å². The Morgan fingerprint density at radius 1 is 1.07 bits per heavy atom. The molecule has 0 bridgehead atoms. The molecule has 10 nitrogen and oxygen atoms in total. The van der Waals surface area contributed by atoms with Gasteiger partial charge in [0.05, 0.1) is 27.9 Å². The summed E-state index contributed by atoms with van der Waals surface area (Å²) in [5.74, 6) is -0.966. The SMILES string of the molecule is CCCC(O)(CNC(=O)c1nccc(Sc2cnc(Nc3ccc(C(N(C)C(=O)O)C(C)(C)C)cn3)s2)c1F)c1ccccc1. The van der Waals surface area contributed by atoms with E-state index in [9.17, 15) is 19.8 Å². The van der Waals surface area contributed by atoms with Gasteiger partial charge in [-0.25, -0.2) is 24.1 Å². The second-order valence-corrected chi connectivity index (χ2v) is 14.0. The van der Waals surface area contributed by atoms with Crippen LogP contribution in [0.1, 0.15) is 68.2 Å². The van der Waals surface area contributed by atoms with Crippen LogP contribution >= 0.6 is 23.1 Å². The minimum atomic E-state index is -1.29. The first-order valence-corrected chi connectivity index (χ1v) is 16.0. The van der Waals surface area contributed by atoms with Crippen molar-refractivity contribution in [2.75, 3.05) is 18.9 Å². The Morgan fingerprint density at radius 2 is 1.80 bits per heavy atom. The number of thiazole rings is 1. The number of benzene rings is 1. The van der Waals surface area contributed by atoms with Crippen molar-refractivity contribution >= 4 is 46.0 Å². The number of rotatable bonds is 12. The van der Waals surface area contributed by atoms with Crippen LogP contribution in [0, 0.1) is 11.2 Å². The minimum absolute atomic E-state index is 0.0891. The van der Waals surface area contributed by atoms with Crippen LogP contribution in [0.5, 0.6) is 0 Å². The molecule has 0 spiro atoms. The Labute approximate surface area is 270 Å². The summed E-state index contributed by atoms with van der Waals surface area (Å²) in [5, 5.41) is 27.1. The molecule has 3 aromatic heterocycles. The summed E-state index contributed by atoms with van der Waals surface area (Å²) in [6.07, 6.45) is 4.69. The Kier molecular flexibility index (Phi) is 10.8. The molecule has 45 heavy (non-hydrogen) atoms. The smallest absolute Gasteiger partial charge is 0.407 e. The zero-order chi connectivity index (χ0) is 32.8. The van der Waals surface area contributed by atoms with Crippen molar-refractivity contribution in [3.05, 3.63) is 89.8 Å². The Morgan fingerprint density at radius 3 is 2.42 bits per heavy atom. The van der Waals surface area contributed by atoms with Gasteiger partial charge in [-0.3, -0.25) is 4.79 Å².